The molecule has 0 aliphatic rings. The smallest absolute Gasteiger partial charge is 0.259 e. The molecule has 1 amide bonds. The summed E-state index contributed by atoms with van der Waals surface area (Å²) in [5.74, 6) is 0.563. The normalized spacial score (nSPS) is 9.95. The molecule has 20 heavy (non-hydrogen) atoms. The topological polar surface area (TPSA) is 63.2 Å². The largest absolute Gasteiger partial charge is 0.497 e. The van der Waals surface area contributed by atoms with Crippen LogP contribution in [0.4, 0.5) is 11.4 Å². The number of pyridine rings is 1. The van der Waals surface area contributed by atoms with Gasteiger partial charge in [-0.3, -0.25) is 9.78 Å². The van der Waals surface area contributed by atoms with Gasteiger partial charge in [0.15, 0.2) is 0 Å². The van der Waals surface area contributed by atoms with E-state index >= 15 is 0 Å². The molecular formula is C15H17N3O2. The lowest BCUT2D eigenvalue weighted by Gasteiger charge is -2.11. The molecule has 0 aliphatic carbocycles. The first-order chi connectivity index (χ1) is 9.65. The van der Waals surface area contributed by atoms with Crippen LogP contribution < -0.4 is 15.4 Å². The Bertz CT molecular complexity index is 626. The molecule has 0 fully saturated rings. The summed E-state index contributed by atoms with van der Waals surface area (Å²) in [6.07, 6.45) is 3.18. The van der Waals surface area contributed by atoms with Crippen LogP contribution in [0.1, 0.15) is 15.9 Å². The van der Waals surface area contributed by atoms with Crippen LogP contribution in [0.25, 0.3) is 0 Å². The van der Waals surface area contributed by atoms with Crippen molar-refractivity contribution in [2.45, 2.75) is 6.92 Å². The van der Waals surface area contributed by atoms with E-state index in [2.05, 4.69) is 15.6 Å². The monoisotopic (exact) mass is 271 g/mol. The fraction of sp³-hybridized carbons (Fsp3) is 0.200. The van der Waals surface area contributed by atoms with E-state index < -0.39 is 0 Å². The summed E-state index contributed by atoms with van der Waals surface area (Å²) in [6.45, 7) is 1.92. The summed E-state index contributed by atoms with van der Waals surface area (Å²) < 4.78 is 5.14. The van der Waals surface area contributed by atoms with Crippen molar-refractivity contribution in [3.05, 3.63) is 47.8 Å². The minimum absolute atomic E-state index is 0.198. The molecule has 0 spiro atoms. The molecule has 2 rings (SSSR count). The number of methoxy groups -OCH3 is 1. The van der Waals surface area contributed by atoms with Gasteiger partial charge in [-0.1, -0.05) is 0 Å². The van der Waals surface area contributed by atoms with Crippen LogP contribution in [-0.2, 0) is 0 Å². The molecule has 1 heterocycles. The molecule has 2 aromatic rings. The van der Waals surface area contributed by atoms with Crippen LogP contribution in [0.5, 0.6) is 5.75 Å². The number of ether oxygens (including phenoxy) is 1. The lowest BCUT2D eigenvalue weighted by atomic mass is 10.1. The molecule has 0 bridgehead atoms. The maximum Gasteiger partial charge on any atom is 0.259 e. The lowest BCUT2D eigenvalue weighted by Crippen LogP contribution is -2.15. The van der Waals surface area contributed by atoms with E-state index in [9.17, 15) is 4.79 Å². The molecule has 0 aliphatic heterocycles. The van der Waals surface area contributed by atoms with Crippen LogP contribution >= 0.6 is 0 Å². The molecular weight excluding hydrogens is 254 g/mol. The summed E-state index contributed by atoms with van der Waals surface area (Å²) in [5, 5.41) is 5.85. The Balaban J connectivity index is 2.23. The van der Waals surface area contributed by atoms with Crippen LogP contribution in [0.3, 0.4) is 0 Å². The Morgan fingerprint density at radius 1 is 1.25 bits per heavy atom. The van der Waals surface area contributed by atoms with Crippen molar-refractivity contribution < 1.29 is 9.53 Å². The Labute approximate surface area is 118 Å². The summed E-state index contributed by atoms with van der Waals surface area (Å²) in [5.41, 5.74) is 2.93. The van der Waals surface area contributed by atoms with Crippen molar-refractivity contribution in [3.63, 3.8) is 0 Å². The van der Waals surface area contributed by atoms with E-state index in [-0.39, 0.29) is 5.91 Å². The number of benzene rings is 1. The minimum Gasteiger partial charge on any atom is -0.497 e. The first kappa shape index (κ1) is 13.9. The summed E-state index contributed by atoms with van der Waals surface area (Å²) >= 11 is 0. The van der Waals surface area contributed by atoms with Crippen molar-refractivity contribution in [2.75, 3.05) is 24.8 Å². The molecule has 0 saturated carbocycles. The SMILES string of the molecule is CNc1ccncc1C(=O)Nc1ccc(OC)cc1C. The minimum atomic E-state index is -0.198. The second-order valence-corrected chi connectivity index (χ2v) is 4.31. The molecule has 0 saturated heterocycles. The molecule has 5 heteroatoms. The summed E-state index contributed by atoms with van der Waals surface area (Å²) in [7, 11) is 3.38. The van der Waals surface area contributed by atoms with E-state index in [4.69, 9.17) is 4.74 Å². The highest BCUT2D eigenvalue weighted by Crippen LogP contribution is 2.22. The third-order valence-electron chi connectivity index (χ3n) is 3.02. The van der Waals surface area contributed by atoms with Crippen LogP contribution in [0, 0.1) is 6.92 Å². The lowest BCUT2D eigenvalue weighted by molar-refractivity contribution is 0.102. The van der Waals surface area contributed by atoms with Crippen molar-refractivity contribution in [2.24, 2.45) is 0 Å². The molecule has 1 aromatic carbocycles. The molecule has 104 valence electrons. The van der Waals surface area contributed by atoms with Crippen molar-refractivity contribution in [1.82, 2.24) is 4.98 Å². The molecule has 2 N–H and O–H groups in total. The number of carbonyl (C=O) groups excluding carboxylic acids is 1. The fourth-order valence-electron chi connectivity index (χ4n) is 1.89. The highest BCUT2D eigenvalue weighted by Gasteiger charge is 2.12. The molecule has 5 nitrogen and oxygen atoms in total. The second-order valence-electron chi connectivity index (χ2n) is 4.31. The number of aromatic nitrogens is 1. The Morgan fingerprint density at radius 3 is 2.70 bits per heavy atom. The first-order valence-corrected chi connectivity index (χ1v) is 6.23. The number of anilines is 2. The quantitative estimate of drug-likeness (QED) is 0.897. The summed E-state index contributed by atoms with van der Waals surface area (Å²) in [6, 6.07) is 7.26. The highest BCUT2D eigenvalue weighted by atomic mass is 16.5. The van der Waals surface area contributed by atoms with E-state index in [1.54, 1.807) is 32.6 Å². The standard InChI is InChI=1S/C15H17N3O2/c1-10-8-11(20-3)4-5-13(10)18-15(19)12-9-17-7-6-14(12)16-2/h4-9H,1-3H3,(H,16,17)(H,18,19). The average Bonchev–Trinajstić information content (AvgIpc) is 2.49. The summed E-state index contributed by atoms with van der Waals surface area (Å²) in [4.78, 5) is 16.3. The zero-order valence-corrected chi connectivity index (χ0v) is 11.7. The van der Waals surface area contributed by atoms with E-state index in [0.717, 1.165) is 22.7 Å². The third-order valence-corrected chi connectivity index (χ3v) is 3.02. The van der Waals surface area contributed by atoms with Gasteiger partial charge in [0, 0.05) is 30.8 Å². The number of aryl methyl sites for hydroxylation is 1. The zero-order chi connectivity index (χ0) is 14.5. The number of nitrogens with one attached hydrogen (secondary N) is 2. The van der Waals surface area contributed by atoms with Gasteiger partial charge in [-0.05, 0) is 36.8 Å². The number of hydrogen-bond acceptors (Lipinski definition) is 4. The Kier molecular flexibility index (Phi) is 4.20. The van der Waals surface area contributed by atoms with Gasteiger partial charge in [-0.2, -0.15) is 0 Å². The predicted molar refractivity (Wildman–Crippen MR) is 79.5 cm³/mol. The van der Waals surface area contributed by atoms with Gasteiger partial charge in [0.1, 0.15) is 5.75 Å². The van der Waals surface area contributed by atoms with E-state index in [1.807, 2.05) is 25.1 Å². The average molecular weight is 271 g/mol. The third kappa shape index (κ3) is 2.88. The number of nitrogens with zero attached hydrogens (tertiary/aromatic N) is 1. The van der Waals surface area contributed by atoms with Gasteiger partial charge in [0.2, 0.25) is 0 Å². The molecule has 0 atom stereocenters. The molecule has 0 radical (unpaired) electrons. The van der Waals surface area contributed by atoms with Gasteiger partial charge in [0.25, 0.3) is 5.91 Å². The van der Waals surface area contributed by atoms with Gasteiger partial charge >= 0.3 is 0 Å². The number of rotatable bonds is 4. The van der Waals surface area contributed by atoms with Crippen LogP contribution in [0.15, 0.2) is 36.7 Å². The highest BCUT2D eigenvalue weighted by molar-refractivity contribution is 6.08. The Hall–Kier alpha value is -2.56. The maximum atomic E-state index is 12.3. The van der Waals surface area contributed by atoms with E-state index in [1.165, 1.54) is 0 Å². The van der Waals surface area contributed by atoms with E-state index in [0.29, 0.717) is 5.56 Å². The van der Waals surface area contributed by atoms with Gasteiger partial charge < -0.3 is 15.4 Å². The fourth-order valence-corrected chi connectivity index (χ4v) is 1.89. The van der Waals surface area contributed by atoms with Gasteiger partial charge in [0.05, 0.1) is 12.7 Å². The first-order valence-electron chi connectivity index (χ1n) is 6.23. The Morgan fingerprint density at radius 2 is 2.05 bits per heavy atom. The van der Waals surface area contributed by atoms with Crippen molar-refractivity contribution >= 4 is 17.3 Å². The number of hydrogen-bond donors (Lipinski definition) is 2. The second kappa shape index (κ2) is 6.06. The predicted octanol–water partition coefficient (Wildman–Crippen LogP) is 2.69. The van der Waals surface area contributed by atoms with Gasteiger partial charge in [-0.15, -0.1) is 0 Å². The van der Waals surface area contributed by atoms with Crippen LogP contribution in [-0.4, -0.2) is 25.0 Å². The molecule has 0 unspecified atom stereocenters. The molecule has 1 aromatic heterocycles. The van der Waals surface area contributed by atoms with Crippen LogP contribution in [0.2, 0.25) is 0 Å². The van der Waals surface area contributed by atoms with Gasteiger partial charge in [-0.25, -0.2) is 0 Å². The number of amides is 1. The zero-order valence-electron chi connectivity index (χ0n) is 11.7. The van der Waals surface area contributed by atoms with Crippen molar-refractivity contribution in [1.29, 1.82) is 0 Å². The van der Waals surface area contributed by atoms with Crippen molar-refractivity contribution in [3.8, 4) is 5.75 Å². The maximum absolute atomic E-state index is 12.3. The number of carbonyl (C=O) groups is 1.